The first-order valence-electron chi connectivity index (χ1n) is 10.7. The van der Waals surface area contributed by atoms with Crippen molar-refractivity contribution >= 4 is 59.0 Å². The van der Waals surface area contributed by atoms with Crippen molar-refractivity contribution in [2.45, 2.75) is 4.90 Å². The Morgan fingerprint density at radius 2 is 1.15 bits per heavy atom. The SMILES string of the molecule is O=C([O][Sn]([c]1ccccc1)([c]1ccccc1)[c]1ccccc1)c1ccc2cccc(S)c2n1. The summed E-state index contributed by atoms with van der Waals surface area (Å²) in [6, 6.07) is 39.8. The summed E-state index contributed by atoms with van der Waals surface area (Å²) < 4.78 is 9.84. The fourth-order valence-electron chi connectivity index (χ4n) is 4.13. The number of nitrogens with zero attached hydrogens (tertiary/aromatic N) is 1. The summed E-state index contributed by atoms with van der Waals surface area (Å²) in [7, 11) is 0. The van der Waals surface area contributed by atoms with Crippen molar-refractivity contribution in [3.63, 3.8) is 0 Å². The topological polar surface area (TPSA) is 39.2 Å². The van der Waals surface area contributed by atoms with Crippen LogP contribution in [0.15, 0.2) is 126 Å². The molecule has 0 N–H and O–H groups in total. The van der Waals surface area contributed by atoms with Gasteiger partial charge in [0.1, 0.15) is 0 Å². The van der Waals surface area contributed by atoms with Crippen LogP contribution in [0.2, 0.25) is 0 Å². The Morgan fingerprint density at radius 3 is 1.67 bits per heavy atom. The number of fused-ring (bicyclic) bond motifs is 1. The fourth-order valence-corrected chi connectivity index (χ4v) is 15.0. The molecule has 0 bridgehead atoms. The summed E-state index contributed by atoms with van der Waals surface area (Å²) in [5.74, 6) is -0.416. The molecule has 5 rings (SSSR count). The number of aromatic nitrogens is 1. The third-order valence-corrected chi connectivity index (χ3v) is 17.3. The molecular weight excluding hydrogens is 533 g/mol. The van der Waals surface area contributed by atoms with Crippen LogP contribution in [0.5, 0.6) is 0 Å². The van der Waals surface area contributed by atoms with Gasteiger partial charge in [-0.15, -0.1) is 0 Å². The van der Waals surface area contributed by atoms with E-state index in [4.69, 9.17) is 3.07 Å². The summed E-state index contributed by atoms with van der Waals surface area (Å²) in [4.78, 5) is 19.0. The summed E-state index contributed by atoms with van der Waals surface area (Å²) in [6.45, 7) is 0. The molecule has 0 spiro atoms. The molecule has 0 aliphatic heterocycles. The van der Waals surface area contributed by atoms with Crippen LogP contribution < -0.4 is 10.7 Å². The molecule has 4 aromatic carbocycles. The second-order valence-corrected chi connectivity index (χ2v) is 17.6. The Kier molecular flexibility index (Phi) is 6.20. The van der Waals surface area contributed by atoms with E-state index < -0.39 is 24.8 Å². The monoisotopic (exact) mass is 555 g/mol. The van der Waals surface area contributed by atoms with Gasteiger partial charge in [0.25, 0.3) is 0 Å². The van der Waals surface area contributed by atoms with E-state index in [1.807, 2.05) is 78.9 Å². The molecule has 0 aliphatic carbocycles. The molecule has 0 radical (unpaired) electrons. The van der Waals surface area contributed by atoms with Gasteiger partial charge >= 0.3 is 204 Å². The Balaban J connectivity index is 1.70. The van der Waals surface area contributed by atoms with E-state index in [0.29, 0.717) is 5.52 Å². The molecule has 5 heteroatoms. The molecule has 0 atom stereocenters. The molecule has 1 heterocycles. The quantitative estimate of drug-likeness (QED) is 0.260. The maximum absolute atomic E-state index is 13.7. The van der Waals surface area contributed by atoms with Crippen LogP contribution >= 0.6 is 12.6 Å². The van der Waals surface area contributed by atoms with Crippen molar-refractivity contribution in [2.75, 3.05) is 0 Å². The average molecular weight is 554 g/mol. The third kappa shape index (κ3) is 4.16. The van der Waals surface area contributed by atoms with Crippen LogP contribution in [0.25, 0.3) is 10.9 Å². The Labute approximate surface area is 202 Å². The van der Waals surface area contributed by atoms with Gasteiger partial charge in [0, 0.05) is 0 Å². The number of para-hydroxylation sites is 1. The van der Waals surface area contributed by atoms with Crippen molar-refractivity contribution in [1.29, 1.82) is 0 Å². The minimum atomic E-state index is -4.19. The number of carbonyl (C=O) groups is 1. The molecule has 0 aliphatic rings. The number of hydrogen-bond donors (Lipinski definition) is 1. The molecule has 5 aromatic rings. The van der Waals surface area contributed by atoms with Crippen molar-refractivity contribution < 1.29 is 7.87 Å². The number of carbonyl (C=O) groups excluding carboxylic acids is 1. The molecule has 0 amide bonds. The molecule has 0 saturated heterocycles. The van der Waals surface area contributed by atoms with Gasteiger partial charge in [-0.25, -0.2) is 0 Å². The number of rotatable bonds is 5. The van der Waals surface area contributed by atoms with Gasteiger partial charge < -0.3 is 0 Å². The van der Waals surface area contributed by atoms with E-state index >= 15 is 0 Å². The van der Waals surface area contributed by atoms with Gasteiger partial charge in [0.15, 0.2) is 0 Å². The van der Waals surface area contributed by atoms with E-state index in [1.165, 1.54) is 0 Å². The molecule has 0 saturated carbocycles. The Morgan fingerprint density at radius 1 is 0.636 bits per heavy atom. The molecule has 33 heavy (non-hydrogen) atoms. The van der Waals surface area contributed by atoms with Crippen LogP contribution in [-0.2, 0) is 3.07 Å². The van der Waals surface area contributed by atoms with Crippen LogP contribution in [0.1, 0.15) is 10.5 Å². The van der Waals surface area contributed by atoms with Crippen molar-refractivity contribution in [3.8, 4) is 0 Å². The molecule has 0 unspecified atom stereocenters. The predicted molar refractivity (Wildman–Crippen MR) is 138 cm³/mol. The van der Waals surface area contributed by atoms with E-state index in [1.54, 1.807) is 6.07 Å². The first-order valence-corrected chi connectivity index (χ1v) is 16.6. The van der Waals surface area contributed by atoms with E-state index in [2.05, 4.69) is 54.0 Å². The zero-order valence-corrected chi connectivity index (χ0v) is 21.5. The van der Waals surface area contributed by atoms with Gasteiger partial charge in [0.05, 0.1) is 0 Å². The summed E-state index contributed by atoms with van der Waals surface area (Å²) >= 11 is 0.330. The average Bonchev–Trinajstić information content (AvgIpc) is 2.89. The Bertz CT molecular complexity index is 1310. The first-order chi connectivity index (χ1) is 16.2. The molecule has 1 aromatic heterocycles. The summed E-state index contributed by atoms with van der Waals surface area (Å²) in [5.41, 5.74) is 0.975. The molecule has 0 fully saturated rings. The van der Waals surface area contributed by atoms with Crippen molar-refractivity contribution in [3.05, 3.63) is 127 Å². The van der Waals surface area contributed by atoms with Gasteiger partial charge in [-0.2, -0.15) is 0 Å². The first kappa shape index (κ1) is 21.7. The fraction of sp³-hybridized carbons (Fsp3) is 0. The van der Waals surface area contributed by atoms with Gasteiger partial charge in [-0.1, -0.05) is 0 Å². The standard InChI is InChI=1S/C10H7NO2S.3C6H5.Sn/c12-10(13)7-5-4-6-2-1-3-8(14)9(6)11-7;3*1-2-4-6-5-3-1;/h1-5,14H,(H,12,13);3*1-5H;/q;;;;+1/p-1. The van der Waals surface area contributed by atoms with Crippen LogP contribution in [-0.4, -0.2) is 29.7 Å². The zero-order valence-electron chi connectivity index (χ0n) is 17.8. The number of thiol groups is 1. The minimum absolute atomic E-state index is 0.285. The van der Waals surface area contributed by atoms with Crippen molar-refractivity contribution in [1.82, 2.24) is 4.98 Å². The Hall–Kier alpha value is -3.09. The van der Waals surface area contributed by atoms with Gasteiger partial charge in [-0.05, 0) is 0 Å². The third-order valence-electron chi connectivity index (χ3n) is 5.69. The number of pyridine rings is 1. The van der Waals surface area contributed by atoms with Gasteiger partial charge in [-0.3, -0.25) is 0 Å². The second kappa shape index (κ2) is 9.41. The number of benzene rings is 4. The van der Waals surface area contributed by atoms with Crippen LogP contribution in [0.3, 0.4) is 0 Å². The van der Waals surface area contributed by atoms with Crippen molar-refractivity contribution in [2.24, 2.45) is 0 Å². The molecule has 3 nitrogen and oxygen atoms in total. The van der Waals surface area contributed by atoms with Crippen LogP contribution in [0, 0.1) is 0 Å². The predicted octanol–water partition coefficient (Wildman–Crippen LogP) is 4.35. The second-order valence-electron chi connectivity index (χ2n) is 7.71. The molecule has 160 valence electrons. The van der Waals surface area contributed by atoms with Crippen LogP contribution in [0.4, 0.5) is 0 Å². The summed E-state index contributed by atoms with van der Waals surface area (Å²) in [5, 5.41) is 0.933. The zero-order chi connectivity index (χ0) is 22.7. The molecular formula is C28H21NO2SSn. The van der Waals surface area contributed by atoms with E-state index in [-0.39, 0.29) is 5.69 Å². The van der Waals surface area contributed by atoms with Gasteiger partial charge in [0.2, 0.25) is 0 Å². The number of hydrogen-bond acceptors (Lipinski definition) is 4. The maximum atomic E-state index is 13.7. The normalized spacial score (nSPS) is 11.3. The van der Waals surface area contributed by atoms with E-state index in [0.717, 1.165) is 21.0 Å². The summed E-state index contributed by atoms with van der Waals surface area (Å²) in [6.07, 6.45) is 0. The van der Waals surface area contributed by atoms with E-state index in [9.17, 15) is 4.79 Å².